The molecule has 0 heterocycles. The van der Waals surface area contributed by atoms with Crippen molar-refractivity contribution in [1.82, 2.24) is 4.90 Å². The standard InChI is InChI=1S/C13H18F2N2O2/c14-12(15)10-17(8-7-16)13(18)6-9-19-11-4-2-1-3-5-11/h1-5,12H,6-10,16H2. The summed E-state index contributed by atoms with van der Waals surface area (Å²) < 4.78 is 29.9. The maximum Gasteiger partial charge on any atom is 0.255 e. The van der Waals surface area contributed by atoms with Gasteiger partial charge >= 0.3 is 0 Å². The summed E-state index contributed by atoms with van der Waals surface area (Å²) in [5, 5.41) is 0. The van der Waals surface area contributed by atoms with Crippen LogP contribution < -0.4 is 10.5 Å². The van der Waals surface area contributed by atoms with Crippen molar-refractivity contribution >= 4 is 5.91 Å². The molecule has 0 radical (unpaired) electrons. The molecule has 1 rings (SSSR count). The number of para-hydroxylation sites is 1. The number of ether oxygens (including phenoxy) is 1. The van der Waals surface area contributed by atoms with Gasteiger partial charge in [-0.15, -0.1) is 0 Å². The van der Waals surface area contributed by atoms with Crippen molar-refractivity contribution in [2.75, 3.05) is 26.2 Å². The Kier molecular flexibility index (Phi) is 6.81. The zero-order valence-electron chi connectivity index (χ0n) is 10.6. The largest absolute Gasteiger partial charge is 0.493 e. The second-order valence-electron chi connectivity index (χ2n) is 3.93. The van der Waals surface area contributed by atoms with Crippen molar-refractivity contribution in [2.24, 2.45) is 5.73 Å². The first-order valence-corrected chi connectivity index (χ1v) is 6.07. The highest BCUT2D eigenvalue weighted by molar-refractivity contribution is 5.76. The first-order chi connectivity index (χ1) is 9.13. The fraction of sp³-hybridized carbons (Fsp3) is 0.462. The number of carbonyl (C=O) groups excluding carboxylic acids is 1. The van der Waals surface area contributed by atoms with Crippen LogP contribution in [0, 0.1) is 0 Å². The summed E-state index contributed by atoms with van der Waals surface area (Å²) in [5.74, 6) is 0.274. The first kappa shape index (κ1) is 15.4. The average Bonchev–Trinajstić information content (AvgIpc) is 2.39. The average molecular weight is 272 g/mol. The SMILES string of the molecule is NCCN(CC(F)F)C(=O)CCOc1ccccc1. The van der Waals surface area contributed by atoms with Crippen LogP contribution in [-0.4, -0.2) is 43.5 Å². The minimum absolute atomic E-state index is 0.0572. The Balaban J connectivity index is 2.35. The Labute approximate surface area is 111 Å². The predicted molar refractivity (Wildman–Crippen MR) is 68.2 cm³/mol. The topological polar surface area (TPSA) is 55.6 Å². The van der Waals surface area contributed by atoms with Crippen LogP contribution in [-0.2, 0) is 4.79 Å². The lowest BCUT2D eigenvalue weighted by Crippen LogP contribution is -2.39. The molecule has 0 spiro atoms. The van der Waals surface area contributed by atoms with Crippen molar-refractivity contribution < 1.29 is 18.3 Å². The lowest BCUT2D eigenvalue weighted by atomic mass is 10.3. The van der Waals surface area contributed by atoms with Gasteiger partial charge in [0.1, 0.15) is 5.75 Å². The van der Waals surface area contributed by atoms with Gasteiger partial charge < -0.3 is 15.4 Å². The molecule has 0 fully saturated rings. The summed E-state index contributed by atoms with van der Waals surface area (Å²) >= 11 is 0. The summed E-state index contributed by atoms with van der Waals surface area (Å²) in [6, 6.07) is 9.01. The number of nitrogens with zero attached hydrogens (tertiary/aromatic N) is 1. The molecule has 2 N–H and O–H groups in total. The molecular formula is C13H18F2N2O2. The molecule has 106 valence electrons. The van der Waals surface area contributed by atoms with Gasteiger partial charge in [0.25, 0.3) is 6.43 Å². The zero-order chi connectivity index (χ0) is 14.1. The van der Waals surface area contributed by atoms with E-state index in [4.69, 9.17) is 10.5 Å². The van der Waals surface area contributed by atoms with Crippen LogP contribution in [0.4, 0.5) is 8.78 Å². The lowest BCUT2D eigenvalue weighted by Gasteiger charge is -2.21. The van der Waals surface area contributed by atoms with Crippen LogP contribution in [0.3, 0.4) is 0 Å². The monoisotopic (exact) mass is 272 g/mol. The van der Waals surface area contributed by atoms with Gasteiger partial charge in [-0.05, 0) is 12.1 Å². The van der Waals surface area contributed by atoms with Crippen molar-refractivity contribution in [3.8, 4) is 5.75 Å². The maximum absolute atomic E-state index is 12.3. The third-order valence-electron chi connectivity index (χ3n) is 2.44. The smallest absolute Gasteiger partial charge is 0.255 e. The van der Waals surface area contributed by atoms with E-state index < -0.39 is 13.0 Å². The van der Waals surface area contributed by atoms with Crippen LogP contribution in [0.15, 0.2) is 30.3 Å². The molecule has 1 aromatic carbocycles. The molecule has 19 heavy (non-hydrogen) atoms. The Bertz CT molecular complexity index is 374. The minimum atomic E-state index is -2.55. The van der Waals surface area contributed by atoms with Gasteiger partial charge in [-0.1, -0.05) is 18.2 Å². The number of hydrogen-bond donors (Lipinski definition) is 1. The molecule has 0 aromatic heterocycles. The number of amides is 1. The number of nitrogens with two attached hydrogens (primary N) is 1. The number of carbonyl (C=O) groups is 1. The lowest BCUT2D eigenvalue weighted by molar-refractivity contribution is -0.133. The molecule has 1 amide bonds. The normalized spacial score (nSPS) is 10.5. The summed E-state index contributed by atoms with van der Waals surface area (Å²) in [5.41, 5.74) is 5.29. The minimum Gasteiger partial charge on any atom is -0.493 e. The summed E-state index contributed by atoms with van der Waals surface area (Å²) in [6.07, 6.45) is -2.49. The van der Waals surface area contributed by atoms with E-state index in [0.717, 1.165) is 4.90 Å². The Morgan fingerprint density at radius 3 is 2.58 bits per heavy atom. The van der Waals surface area contributed by atoms with Crippen LogP contribution in [0.5, 0.6) is 5.75 Å². The molecule has 0 aliphatic carbocycles. The highest BCUT2D eigenvalue weighted by Gasteiger charge is 2.17. The first-order valence-electron chi connectivity index (χ1n) is 6.07. The van der Waals surface area contributed by atoms with E-state index in [-0.39, 0.29) is 32.0 Å². The van der Waals surface area contributed by atoms with Crippen LogP contribution in [0.2, 0.25) is 0 Å². The third-order valence-corrected chi connectivity index (χ3v) is 2.44. The van der Waals surface area contributed by atoms with Gasteiger partial charge in [-0.2, -0.15) is 0 Å². The fourth-order valence-corrected chi connectivity index (χ4v) is 1.57. The highest BCUT2D eigenvalue weighted by atomic mass is 19.3. The second kappa shape index (κ2) is 8.42. The van der Waals surface area contributed by atoms with Gasteiger partial charge in [0, 0.05) is 13.1 Å². The Morgan fingerprint density at radius 2 is 2.00 bits per heavy atom. The van der Waals surface area contributed by atoms with E-state index in [9.17, 15) is 13.6 Å². The molecule has 4 nitrogen and oxygen atoms in total. The van der Waals surface area contributed by atoms with Gasteiger partial charge in [-0.25, -0.2) is 8.78 Å². The molecule has 0 atom stereocenters. The Hall–Kier alpha value is -1.69. The van der Waals surface area contributed by atoms with Gasteiger partial charge in [-0.3, -0.25) is 4.79 Å². The van der Waals surface area contributed by atoms with Crippen molar-refractivity contribution in [2.45, 2.75) is 12.8 Å². The summed E-state index contributed by atoms with van der Waals surface area (Å²) in [7, 11) is 0. The van der Waals surface area contributed by atoms with Crippen LogP contribution >= 0.6 is 0 Å². The Morgan fingerprint density at radius 1 is 1.32 bits per heavy atom. The third kappa shape index (κ3) is 6.15. The van der Waals surface area contributed by atoms with Crippen molar-refractivity contribution in [3.63, 3.8) is 0 Å². The number of benzene rings is 1. The molecule has 0 saturated carbocycles. The highest BCUT2D eigenvalue weighted by Crippen LogP contribution is 2.09. The molecular weight excluding hydrogens is 254 g/mol. The molecule has 0 unspecified atom stereocenters. The van der Waals surface area contributed by atoms with E-state index in [1.807, 2.05) is 18.2 Å². The van der Waals surface area contributed by atoms with E-state index >= 15 is 0 Å². The fourth-order valence-electron chi connectivity index (χ4n) is 1.57. The summed E-state index contributed by atoms with van der Waals surface area (Å²) in [6.45, 7) is -0.124. The van der Waals surface area contributed by atoms with Crippen molar-refractivity contribution in [1.29, 1.82) is 0 Å². The number of rotatable bonds is 8. The van der Waals surface area contributed by atoms with Gasteiger partial charge in [0.15, 0.2) is 0 Å². The predicted octanol–water partition coefficient (Wildman–Crippen LogP) is 1.51. The van der Waals surface area contributed by atoms with Crippen LogP contribution in [0.1, 0.15) is 6.42 Å². The molecule has 0 aliphatic heterocycles. The van der Waals surface area contributed by atoms with Crippen LogP contribution in [0.25, 0.3) is 0 Å². The molecule has 6 heteroatoms. The zero-order valence-corrected chi connectivity index (χ0v) is 10.6. The number of alkyl halides is 2. The molecule has 0 aliphatic rings. The summed E-state index contributed by atoms with van der Waals surface area (Å²) in [4.78, 5) is 12.8. The maximum atomic E-state index is 12.3. The van der Waals surface area contributed by atoms with E-state index in [0.29, 0.717) is 5.75 Å². The van der Waals surface area contributed by atoms with Gasteiger partial charge in [0.05, 0.1) is 19.6 Å². The molecule has 0 saturated heterocycles. The van der Waals surface area contributed by atoms with E-state index in [1.54, 1.807) is 12.1 Å². The van der Waals surface area contributed by atoms with E-state index in [2.05, 4.69) is 0 Å². The van der Waals surface area contributed by atoms with E-state index in [1.165, 1.54) is 0 Å². The number of hydrogen-bond acceptors (Lipinski definition) is 3. The molecule has 1 aromatic rings. The van der Waals surface area contributed by atoms with Crippen molar-refractivity contribution in [3.05, 3.63) is 30.3 Å². The number of halogens is 2. The van der Waals surface area contributed by atoms with Gasteiger partial charge in [0.2, 0.25) is 5.91 Å². The quantitative estimate of drug-likeness (QED) is 0.780. The molecule has 0 bridgehead atoms. The second-order valence-corrected chi connectivity index (χ2v) is 3.93.